The molecule has 0 radical (unpaired) electrons. The van der Waals surface area contributed by atoms with Crippen molar-refractivity contribution < 1.29 is 14.4 Å². The van der Waals surface area contributed by atoms with Gasteiger partial charge < -0.3 is 5.32 Å². The van der Waals surface area contributed by atoms with Crippen molar-refractivity contribution in [2.45, 2.75) is 12.2 Å². The zero-order valence-corrected chi connectivity index (χ0v) is 11.5. The van der Waals surface area contributed by atoms with Crippen molar-refractivity contribution in [3.05, 3.63) is 29.3 Å². The summed E-state index contributed by atoms with van der Waals surface area (Å²) in [5.41, 5.74) is 0.594. The Kier molecular flexibility index (Phi) is 4.11. The SMILES string of the molecule is C[C@@H](C(=O)Nc1ccc(Cl)cc1)[C@H]1SC(=O)NC1=O. The lowest BCUT2D eigenvalue weighted by Crippen LogP contribution is -2.35. The van der Waals surface area contributed by atoms with Gasteiger partial charge in [0.15, 0.2) is 0 Å². The van der Waals surface area contributed by atoms with Gasteiger partial charge in [-0.15, -0.1) is 0 Å². The minimum Gasteiger partial charge on any atom is -0.326 e. The maximum Gasteiger partial charge on any atom is 0.286 e. The second-order valence-corrected chi connectivity index (χ2v) is 5.65. The summed E-state index contributed by atoms with van der Waals surface area (Å²) in [5.74, 6) is -1.34. The molecule has 1 saturated heterocycles. The normalized spacial score (nSPS) is 20.0. The first kappa shape index (κ1) is 13.9. The van der Waals surface area contributed by atoms with Gasteiger partial charge >= 0.3 is 0 Å². The fourth-order valence-corrected chi connectivity index (χ4v) is 2.64. The van der Waals surface area contributed by atoms with E-state index in [0.29, 0.717) is 10.7 Å². The van der Waals surface area contributed by atoms with Gasteiger partial charge in [0, 0.05) is 10.7 Å². The van der Waals surface area contributed by atoms with Crippen LogP contribution < -0.4 is 10.6 Å². The molecule has 2 rings (SSSR count). The minimum atomic E-state index is -0.681. The lowest BCUT2D eigenvalue weighted by Gasteiger charge is -2.15. The molecule has 0 unspecified atom stereocenters. The Morgan fingerprint density at radius 1 is 1.37 bits per heavy atom. The molecule has 5 nitrogen and oxygen atoms in total. The van der Waals surface area contributed by atoms with E-state index >= 15 is 0 Å². The number of hydrogen-bond acceptors (Lipinski definition) is 4. The van der Waals surface area contributed by atoms with Gasteiger partial charge in [0.2, 0.25) is 11.8 Å². The van der Waals surface area contributed by atoms with Crippen LogP contribution >= 0.6 is 23.4 Å². The smallest absolute Gasteiger partial charge is 0.286 e. The Labute approximate surface area is 119 Å². The van der Waals surface area contributed by atoms with Crippen molar-refractivity contribution in [1.82, 2.24) is 5.32 Å². The molecule has 1 fully saturated rings. The van der Waals surface area contributed by atoms with Crippen LogP contribution in [-0.4, -0.2) is 22.3 Å². The van der Waals surface area contributed by atoms with Crippen LogP contribution in [0.4, 0.5) is 10.5 Å². The fourth-order valence-electron chi connectivity index (χ4n) is 1.63. The van der Waals surface area contributed by atoms with Crippen molar-refractivity contribution in [3.8, 4) is 0 Å². The highest BCUT2D eigenvalue weighted by Gasteiger charge is 2.38. The molecule has 0 spiro atoms. The highest BCUT2D eigenvalue weighted by molar-refractivity contribution is 8.15. The number of rotatable bonds is 3. The zero-order chi connectivity index (χ0) is 14.0. The van der Waals surface area contributed by atoms with E-state index in [9.17, 15) is 14.4 Å². The van der Waals surface area contributed by atoms with Gasteiger partial charge in [0.25, 0.3) is 5.24 Å². The van der Waals surface area contributed by atoms with Crippen molar-refractivity contribution in [2.75, 3.05) is 5.32 Å². The lowest BCUT2D eigenvalue weighted by molar-refractivity contribution is -0.125. The second-order valence-electron chi connectivity index (χ2n) is 4.10. The Morgan fingerprint density at radius 2 is 2.00 bits per heavy atom. The molecule has 1 aliphatic rings. The molecule has 1 aromatic rings. The summed E-state index contributed by atoms with van der Waals surface area (Å²) in [6, 6.07) is 6.64. The average Bonchev–Trinajstić information content (AvgIpc) is 2.70. The number of thioether (sulfide) groups is 1. The summed E-state index contributed by atoms with van der Waals surface area (Å²) < 4.78 is 0. The van der Waals surface area contributed by atoms with Gasteiger partial charge in [-0.3, -0.25) is 19.7 Å². The molecule has 100 valence electrons. The molecule has 0 saturated carbocycles. The maximum atomic E-state index is 12.0. The second kappa shape index (κ2) is 5.63. The standard InChI is InChI=1S/C12H11ClN2O3S/c1-6(9-11(17)15-12(18)19-9)10(16)14-8-4-2-7(13)3-5-8/h2-6,9H,1H3,(H,14,16)(H,15,17,18)/t6-,9-/m1/s1. The quantitative estimate of drug-likeness (QED) is 0.897. The number of imide groups is 1. The molecule has 2 atom stereocenters. The number of carbonyl (C=O) groups excluding carboxylic acids is 3. The molecule has 7 heteroatoms. The van der Waals surface area contributed by atoms with Crippen LogP contribution in [0.5, 0.6) is 0 Å². The number of nitrogens with one attached hydrogen (secondary N) is 2. The van der Waals surface area contributed by atoms with Crippen molar-refractivity contribution in [3.63, 3.8) is 0 Å². The number of amides is 3. The van der Waals surface area contributed by atoms with E-state index in [4.69, 9.17) is 11.6 Å². The highest BCUT2D eigenvalue weighted by Crippen LogP contribution is 2.27. The van der Waals surface area contributed by atoms with Crippen molar-refractivity contribution in [1.29, 1.82) is 0 Å². The number of anilines is 1. The first-order valence-electron chi connectivity index (χ1n) is 5.55. The van der Waals surface area contributed by atoms with Crippen LogP contribution in [0.1, 0.15) is 6.92 Å². The Bertz CT molecular complexity index is 532. The van der Waals surface area contributed by atoms with Crippen molar-refractivity contribution >= 4 is 46.1 Å². The van der Waals surface area contributed by atoms with E-state index in [2.05, 4.69) is 10.6 Å². The number of benzene rings is 1. The molecule has 3 amide bonds. The Balaban J connectivity index is 2.01. The number of carbonyl (C=O) groups is 3. The average molecular weight is 299 g/mol. The maximum absolute atomic E-state index is 12.0. The van der Waals surface area contributed by atoms with E-state index in [-0.39, 0.29) is 5.91 Å². The minimum absolute atomic E-state index is 0.315. The third kappa shape index (κ3) is 3.27. The Hall–Kier alpha value is -1.53. The van der Waals surface area contributed by atoms with E-state index < -0.39 is 22.3 Å². The summed E-state index contributed by atoms with van der Waals surface area (Å²) in [5, 5.41) is 4.32. The third-order valence-corrected chi connectivity index (χ3v) is 4.14. The topological polar surface area (TPSA) is 75.3 Å². The predicted octanol–water partition coefficient (Wildman–Crippen LogP) is 2.27. The van der Waals surface area contributed by atoms with Crippen LogP contribution in [0.15, 0.2) is 24.3 Å². The van der Waals surface area contributed by atoms with Gasteiger partial charge in [-0.05, 0) is 24.3 Å². The summed E-state index contributed by atoms with van der Waals surface area (Å²) in [7, 11) is 0. The molecule has 0 aliphatic carbocycles. The molecular formula is C12H11ClN2O3S. The molecule has 19 heavy (non-hydrogen) atoms. The molecule has 0 aromatic heterocycles. The van der Waals surface area contributed by atoms with E-state index in [1.165, 1.54) is 0 Å². The zero-order valence-electron chi connectivity index (χ0n) is 9.98. The molecule has 1 aromatic carbocycles. The molecule has 2 N–H and O–H groups in total. The van der Waals surface area contributed by atoms with Crippen LogP contribution in [-0.2, 0) is 9.59 Å². The fraction of sp³-hybridized carbons (Fsp3) is 0.250. The predicted molar refractivity (Wildman–Crippen MR) is 74.2 cm³/mol. The van der Waals surface area contributed by atoms with E-state index in [1.807, 2.05) is 0 Å². The summed E-state index contributed by atoms with van der Waals surface area (Å²) in [6.45, 7) is 1.61. The van der Waals surface area contributed by atoms with Crippen LogP contribution in [0.25, 0.3) is 0 Å². The first-order valence-corrected chi connectivity index (χ1v) is 6.81. The summed E-state index contributed by atoms with van der Waals surface area (Å²) >= 11 is 6.58. The number of halogens is 1. The van der Waals surface area contributed by atoms with Gasteiger partial charge in [0.1, 0.15) is 5.25 Å². The van der Waals surface area contributed by atoms with E-state index in [1.54, 1.807) is 31.2 Å². The van der Waals surface area contributed by atoms with Crippen LogP contribution in [0.2, 0.25) is 5.02 Å². The molecule has 1 heterocycles. The van der Waals surface area contributed by atoms with Crippen molar-refractivity contribution in [2.24, 2.45) is 5.92 Å². The monoisotopic (exact) mass is 298 g/mol. The molecular weight excluding hydrogens is 288 g/mol. The van der Waals surface area contributed by atoms with Gasteiger partial charge in [-0.2, -0.15) is 0 Å². The lowest BCUT2D eigenvalue weighted by atomic mass is 10.1. The van der Waals surface area contributed by atoms with Crippen LogP contribution in [0.3, 0.4) is 0 Å². The van der Waals surface area contributed by atoms with Gasteiger partial charge in [-0.25, -0.2) is 0 Å². The highest BCUT2D eigenvalue weighted by atomic mass is 35.5. The van der Waals surface area contributed by atoms with E-state index in [0.717, 1.165) is 11.8 Å². The van der Waals surface area contributed by atoms with Gasteiger partial charge in [0.05, 0.1) is 5.92 Å². The van der Waals surface area contributed by atoms with Crippen LogP contribution in [0, 0.1) is 5.92 Å². The summed E-state index contributed by atoms with van der Waals surface area (Å²) in [4.78, 5) is 34.5. The summed E-state index contributed by atoms with van der Waals surface area (Å²) in [6.07, 6.45) is 0. The molecule has 1 aliphatic heterocycles. The Morgan fingerprint density at radius 3 is 2.53 bits per heavy atom. The number of hydrogen-bond donors (Lipinski definition) is 2. The largest absolute Gasteiger partial charge is 0.326 e. The molecule has 0 bridgehead atoms. The third-order valence-electron chi connectivity index (χ3n) is 2.70. The first-order chi connectivity index (χ1) is 8.97. The van der Waals surface area contributed by atoms with Gasteiger partial charge in [-0.1, -0.05) is 30.3 Å².